The van der Waals surface area contributed by atoms with Crippen LogP contribution in [0.25, 0.3) is 11.4 Å². The third-order valence-corrected chi connectivity index (χ3v) is 4.56. The quantitative estimate of drug-likeness (QED) is 0.753. The molecule has 2 heterocycles. The summed E-state index contributed by atoms with van der Waals surface area (Å²) in [5.41, 5.74) is 0.858. The summed E-state index contributed by atoms with van der Waals surface area (Å²) in [5, 5.41) is 6.92. The van der Waals surface area contributed by atoms with Gasteiger partial charge in [0.2, 0.25) is 17.6 Å². The van der Waals surface area contributed by atoms with Crippen LogP contribution in [0.3, 0.4) is 0 Å². The maximum Gasteiger partial charge on any atom is 0.227 e. The average molecular weight is 328 g/mol. The molecule has 1 aliphatic rings. The number of hydrogen-bond acceptors (Lipinski definition) is 5. The molecule has 0 aromatic carbocycles. The van der Waals surface area contributed by atoms with Gasteiger partial charge in [-0.2, -0.15) is 4.98 Å². The van der Waals surface area contributed by atoms with Crippen molar-refractivity contribution in [3.05, 3.63) is 30.4 Å². The molecule has 0 radical (unpaired) electrons. The molecule has 3 rings (SSSR count). The fourth-order valence-corrected chi connectivity index (χ4v) is 3.20. The molecule has 1 N–H and O–H groups in total. The number of pyridine rings is 1. The molecular formula is C18H24N4O2. The third kappa shape index (κ3) is 4.88. The van der Waals surface area contributed by atoms with Gasteiger partial charge < -0.3 is 9.84 Å². The van der Waals surface area contributed by atoms with Crippen molar-refractivity contribution in [2.24, 2.45) is 5.92 Å². The molecule has 6 heteroatoms. The van der Waals surface area contributed by atoms with Gasteiger partial charge in [0, 0.05) is 37.3 Å². The van der Waals surface area contributed by atoms with Crippen molar-refractivity contribution in [3.8, 4) is 11.4 Å². The van der Waals surface area contributed by atoms with E-state index in [0.717, 1.165) is 24.4 Å². The third-order valence-electron chi connectivity index (χ3n) is 4.56. The van der Waals surface area contributed by atoms with Crippen LogP contribution >= 0.6 is 0 Å². The number of carbonyl (C=O) groups is 1. The Bertz CT molecular complexity index is 635. The lowest BCUT2D eigenvalue weighted by molar-refractivity contribution is -0.121. The highest BCUT2D eigenvalue weighted by molar-refractivity contribution is 5.75. The SMILES string of the molecule is O=C(CCc1nc(-c2ccncc2)no1)NCCCC1CCCC1. The predicted molar refractivity (Wildman–Crippen MR) is 90.1 cm³/mol. The highest BCUT2D eigenvalue weighted by Gasteiger charge is 2.14. The fourth-order valence-electron chi connectivity index (χ4n) is 3.20. The summed E-state index contributed by atoms with van der Waals surface area (Å²) < 4.78 is 5.20. The first-order chi connectivity index (χ1) is 11.8. The van der Waals surface area contributed by atoms with Crippen LogP contribution in [0.5, 0.6) is 0 Å². The van der Waals surface area contributed by atoms with Gasteiger partial charge in [0.15, 0.2) is 0 Å². The molecule has 2 aromatic rings. The molecule has 128 valence electrons. The van der Waals surface area contributed by atoms with Crippen molar-refractivity contribution in [3.63, 3.8) is 0 Å². The van der Waals surface area contributed by atoms with E-state index in [4.69, 9.17) is 4.52 Å². The number of rotatable bonds is 8. The summed E-state index contributed by atoms with van der Waals surface area (Å²) in [6, 6.07) is 3.65. The van der Waals surface area contributed by atoms with Crippen molar-refractivity contribution in [2.75, 3.05) is 6.54 Å². The number of carbonyl (C=O) groups excluding carboxylic acids is 1. The number of nitrogens with one attached hydrogen (secondary N) is 1. The largest absolute Gasteiger partial charge is 0.356 e. The molecule has 24 heavy (non-hydrogen) atoms. The maximum absolute atomic E-state index is 11.9. The Hall–Kier alpha value is -2.24. The van der Waals surface area contributed by atoms with Crippen molar-refractivity contribution in [2.45, 2.75) is 51.4 Å². The number of amides is 1. The Morgan fingerprint density at radius 1 is 1.25 bits per heavy atom. The zero-order valence-electron chi connectivity index (χ0n) is 13.9. The molecule has 1 fully saturated rings. The van der Waals surface area contributed by atoms with Gasteiger partial charge in [0.05, 0.1) is 0 Å². The Morgan fingerprint density at radius 2 is 2.04 bits per heavy atom. The molecule has 1 aliphatic carbocycles. The van der Waals surface area contributed by atoms with Crippen LogP contribution in [0, 0.1) is 5.92 Å². The molecule has 0 bridgehead atoms. The first kappa shape index (κ1) is 16.6. The van der Waals surface area contributed by atoms with Crippen LogP contribution in [-0.4, -0.2) is 27.6 Å². The van der Waals surface area contributed by atoms with E-state index in [-0.39, 0.29) is 5.91 Å². The van der Waals surface area contributed by atoms with Crippen LogP contribution in [0.15, 0.2) is 29.0 Å². The Kier molecular flexibility index (Phi) is 5.93. The predicted octanol–water partition coefficient (Wildman–Crippen LogP) is 3.15. The minimum Gasteiger partial charge on any atom is -0.356 e. The monoisotopic (exact) mass is 328 g/mol. The standard InChI is InChI=1S/C18H24N4O2/c23-16(20-11-3-6-14-4-1-2-5-14)7-8-17-21-18(22-24-17)15-9-12-19-13-10-15/h9-10,12-14H,1-8,11H2,(H,20,23). The highest BCUT2D eigenvalue weighted by atomic mass is 16.5. The molecule has 0 unspecified atom stereocenters. The molecule has 6 nitrogen and oxygen atoms in total. The van der Waals surface area contributed by atoms with Crippen LogP contribution in [-0.2, 0) is 11.2 Å². The summed E-state index contributed by atoms with van der Waals surface area (Å²) in [5.74, 6) is 1.95. The fraction of sp³-hybridized carbons (Fsp3) is 0.556. The molecule has 2 aromatic heterocycles. The number of hydrogen-bond donors (Lipinski definition) is 1. The lowest BCUT2D eigenvalue weighted by Gasteiger charge is -2.08. The first-order valence-electron chi connectivity index (χ1n) is 8.81. The highest BCUT2D eigenvalue weighted by Crippen LogP contribution is 2.28. The van der Waals surface area contributed by atoms with Gasteiger partial charge in [0.25, 0.3) is 0 Å². The average Bonchev–Trinajstić information content (AvgIpc) is 3.29. The van der Waals surface area contributed by atoms with Crippen molar-refractivity contribution < 1.29 is 9.32 Å². The summed E-state index contributed by atoms with van der Waals surface area (Å²) in [6.45, 7) is 0.765. The number of nitrogens with zero attached hydrogens (tertiary/aromatic N) is 3. The Balaban J connectivity index is 1.35. The molecule has 0 aliphatic heterocycles. The van der Waals surface area contributed by atoms with Gasteiger partial charge in [-0.25, -0.2) is 0 Å². The van der Waals surface area contributed by atoms with E-state index < -0.39 is 0 Å². The number of aryl methyl sites for hydroxylation is 1. The van der Waals surface area contributed by atoms with Crippen LogP contribution < -0.4 is 5.32 Å². The molecule has 0 saturated heterocycles. The Labute approximate surface area is 142 Å². The van der Waals surface area contributed by atoms with Gasteiger partial charge in [-0.1, -0.05) is 30.8 Å². The summed E-state index contributed by atoms with van der Waals surface area (Å²) in [7, 11) is 0. The van der Waals surface area contributed by atoms with Crippen LogP contribution in [0.1, 0.15) is 50.8 Å². The van der Waals surface area contributed by atoms with Gasteiger partial charge in [-0.05, 0) is 30.9 Å². The van der Waals surface area contributed by atoms with E-state index in [1.165, 1.54) is 32.1 Å². The minimum absolute atomic E-state index is 0.0464. The normalized spacial score (nSPS) is 14.8. The van der Waals surface area contributed by atoms with Gasteiger partial charge in [-0.3, -0.25) is 9.78 Å². The summed E-state index contributed by atoms with van der Waals surface area (Å²) >= 11 is 0. The van der Waals surface area contributed by atoms with E-state index in [2.05, 4.69) is 20.4 Å². The zero-order chi connectivity index (χ0) is 16.6. The topological polar surface area (TPSA) is 80.9 Å². The van der Waals surface area contributed by atoms with E-state index in [1.54, 1.807) is 12.4 Å². The minimum atomic E-state index is 0.0464. The Morgan fingerprint density at radius 3 is 2.83 bits per heavy atom. The van der Waals surface area contributed by atoms with E-state index in [0.29, 0.717) is 24.6 Å². The van der Waals surface area contributed by atoms with Gasteiger partial charge >= 0.3 is 0 Å². The molecular weight excluding hydrogens is 304 g/mol. The first-order valence-corrected chi connectivity index (χ1v) is 8.81. The van der Waals surface area contributed by atoms with E-state index >= 15 is 0 Å². The van der Waals surface area contributed by atoms with E-state index in [1.807, 2.05) is 12.1 Å². The molecule has 1 saturated carbocycles. The van der Waals surface area contributed by atoms with Gasteiger partial charge in [-0.15, -0.1) is 0 Å². The second-order valence-electron chi connectivity index (χ2n) is 6.39. The van der Waals surface area contributed by atoms with Crippen molar-refractivity contribution >= 4 is 5.91 Å². The maximum atomic E-state index is 11.9. The molecule has 1 amide bonds. The van der Waals surface area contributed by atoms with Crippen molar-refractivity contribution in [1.82, 2.24) is 20.4 Å². The lowest BCUT2D eigenvalue weighted by atomic mass is 10.0. The smallest absolute Gasteiger partial charge is 0.227 e. The number of aromatic nitrogens is 3. The molecule has 0 atom stereocenters. The lowest BCUT2D eigenvalue weighted by Crippen LogP contribution is -2.25. The van der Waals surface area contributed by atoms with Crippen LogP contribution in [0.4, 0.5) is 0 Å². The van der Waals surface area contributed by atoms with Gasteiger partial charge in [0.1, 0.15) is 0 Å². The second kappa shape index (κ2) is 8.57. The van der Waals surface area contributed by atoms with Crippen molar-refractivity contribution in [1.29, 1.82) is 0 Å². The summed E-state index contributed by atoms with van der Waals surface area (Å²) in [4.78, 5) is 20.2. The molecule has 0 spiro atoms. The van der Waals surface area contributed by atoms with Crippen LogP contribution in [0.2, 0.25) is 0 Å². The summed E-state index contributed by atoms with van der Waals surface area (Å²) in [6.07, 6.45) is 12.0. The zero-order valence-corrected chi connectivity index (χ0v) is 13.9. The van der Waals surface area contributed by atoms with E-state index in [9.17, 15) is 4.79 Å². The second-order valence-corrected chi connectivity index (χ2v) is 6.39.